The molecule has 0 bridgehead atoms. The maximum atomic E-state index is 10.4. The molecule has 0 unspecified atom stereocenters. The van der Waals surface area contributed by atoms with Crippen LogP contribution in [0.25, 0.3) is 0 Å². The molecule has 10 nitrogen and oxygen atoms in total. The van der Waals surface area contributed by atoms with E-state index in [1.807, 2.05) is 27.7 Å². The van der Waals surface area contributed by atoms with Crippen LogP contribution in [0.2, 0.25) is 0 Å². The van der Waals surface area contributed by atoms with Gasteiger partial charge in [0, 0.05) is 0 Å². The minimum Gasteiger partial charge on any atom is -0.508 e. The molecule has 0 aliphatic heterocycles. The van der Waals surface area contributed by atoms with Gasteiger partial charge in [-0.25, -0.2) is 0 Å². The van der Waals surface area contributed by atoms with Gasteiger partial charge in [0.25, 0.3) is 0 Å². The summed E-state index contributed by atoms with van der Waals surface area (Å²) in [6.07, 6.45) is 1.64. The molecule has 1 aromatic rings. The van der Waals surface area contributed by atoms with E-state index in [1.165, 1.54) is 12.1 Å². The summed E-state index contributed by atoms with van der Waals surface area (Å²) in [6, 6.07) is 4.04. The highest BCUT2D eigenvalue weighted by Crippen LogP contribution is 2.10. The number of nitrogens with two attached hydrogens (primary N) is 3. The molecule has 10 N–H and O–H groups in total. The van der Waals surface area contributed by atoms with Crippen molar-refractivity contribution in [3.8, 4) is 5.75 Å². The van der Waals surface area contributed by atoms with Gasteiger partial charge in [-0.1, -0.05) is 46.2 Å². The molecule has 178 valence electrons. The van der Waals surface area contributed by atoms with Crippen LogP contribution >= 0.6 is 0 Å². The lowest BCUT2D eigenvalue weighted by molar-refractivity contribution is -0.140. The SMILES string of the molecule is CC(C)C[C@H](N)C(=O)O.CC[C@H](C)[C@H](N)C(=O)O.N[C@@H](Cc1ccc(O)cc1)C(=O)O. The zero-order chi connectivity index (χ0) is 24.7. The summed E-state index contributed by atoms with van der Waals surface area (Å²) in [5.74, 6) is -2.26. The van der Waals surface area contributed by atoms with Crippen LogP contribution in [0, 0.1) is 11.8 Å². The van der Waals surface area contributed by atoms with E-state index in [0.29, 0.717) is 12.3 Å². The monoisotopic (exact) mass is 443 g/mol. The van der Waals surface area contributed by atoms with E-state index in [-0.39, 0.29) is 18.1 Å². The van der Waals surface area contributed by atoms with Crippen molar-refractivity contribution in [2.24, 2.45) is 29.0 Å². The lowest BCUT2D eigenvalue weighted by atomic mass is 10.0. The highest BCUT2D eigenvalue weighted by molar-refractivity contribution is 5.74. The number of carboxylic acid groups (broad SMARTS) is 3. The minimum absolute atomic E-state index is 0.0718. The molecule has 0 heterocycles. The average Bonchev–Trinajstić information content (AvgIpc) is 2.68. The third-order valence-electron chi connectivity index (χ3n) is 4.29. The molecule has 0 radical (unpaired) electrons. The van der Waals surface area contributed by atoms with Crippen molar-refractivity contribution in [3.05, 3.63) is 29.8 Å². The van der Waals surface area contributed by atoms with Crippen LogP contribution < -0.4 is 17.2 Å². The van der Waals surface area contributed by atoms with Gasteiger partial charge in [0.05, 0.1) is 0 Å². The van der Waals surface area contributed by atoms with Crippen LogP contribution in [0.5, 0.6) is 5.75 Å². The first-order valence-electron chi connectivity index (χ1n) is 9.95. The zero-order valence-corrected chi connectivity index (χ0v) is 18.6. The lowest BCUT2D eigenvalue weighted by Crippen LogP contribution is -2.36. The smallest absolute Gasteiger partial charge is 0.320 e. The van der Waals surface area contributed by atoms with Crippen LogP contribution in [-0.4, -0.2) is 56.5 Å². The molecule has 1 aromatic carbocycles. The molecule has 10 heteroatoms. The molecule has 0 aromatic heterocycles. The Labute approximate surface area is 183 Å². The van der Waals surface area contributed by atoms with Gasteiger partial charge in [-0.2, -0.15) is 0 Å². The molecule has 0 fully saturated rings. The second-order valence-electron chi connectivity index (χ2n) is 7.64. The van der Waals surface area contributed by atoms with Crippen molar-refractivity contribution in [3.63, 3.8) is 0 Å². The topological polar surface area (TPSA) is 210 Å². The number of aromatic hydroxyl groups is 1. The van der Waals surface area contributed by atoms with E-state index < -0.39 is 36.0 Å². The summed E-state index contributed by atoms with van der Waals surface area (Å²) in [5.41, 5.74) is 16.6. The van der Waals surface area contributed by atoms with Crippen LogP contribution in [0.15, 0.2) is 24.3 Å². The number of phenolic OH excluding ortho intramolecular Hbond substituents is 1. The van der Waals surface area contributed by atoms with Crippen molar-refractivity contribution in [2.45, 2.75) is 65.1 Å². The van der Waals surface area contributed by atoms with E-state index >= 15 is 0 Å². The fourth-order valence-electron chi connectivity index (χ4n) is 2.08. The van der Waals surface area contributed by atoms with Crippen molar-refractivity contribution >= 4 is 17.9 Å². The summed E-state index contributed by atoms with van der Waals surface area (Å²) in [7, 11) is 0. The maximum Gasteiger partial charge on any atom is 0.320 e. The summed E-state index contributed by atoms with van der Waals surface area (Å²) < 4.78 is 0. The van der Waals surface area contributed by atoms with Gasteiger partial charge >= 0.3 is 17.9 Å². The Morgan fingerprint density at radius 3 is 1.55 bits per heavy atom. The molecule has 0 amide bonds. The van der Waals surface area contributed by atoms with Gasteiger partial charge in [0.15, 0.2) is 0 Å². The number of aliphatic carboxylic acids is 3. The Hall–Kier alpha value is -2.69. The second kappa shape index (κ2) is 16.1. The highest BCUT2D eigenvalue weighted by atomic mass is 16.4. The van der Waals surface area contributed by atoms with Crippen LogP contribution in [0.1, 0.15) is 46.1 Å². The molecule has 31 heavy (non-hydrogen) atoms. The lowest BCUT2D eigenvalue weighted by Gasteiger charge is -2.11. The third kappa shape index (κ3) is 15.8. The van der Waals surface area contributed by atoms with Gasteiger partial charge in [0.2, 0.25) is 0 Å². The van der Waals surface area contributed by atoms with Gasteiger partial charge in [0.1, 0.15) is 23.9 Å². The first-order valence-corrected chi connectivity index (χ1v) is 9.95. The van der Waals surface area contributed by atoms with Crippen molar-refractivity contribution in [2.75, 3.05) is 0 Å². The number of rotatable bonds is 9. The zero-order valence-electron chi connectivity index (χ0n) is 18.6. The predicted molar refractivity (Wildman–Crippen MR) is 118 cm³/mol. The fourth-order valence-corrected chi connectivity index (χ4v) is 2.08. The van der Waals surface area contributed by atoms with Crippen molar-refractivity contribution < 1.29 is 34.8 Å². The van der Waals surface area contributed by atoms with Crippen molar-refractivity contribution in [1.29, 1.82) is 0 Å². The first-order chi connectivity index (χ1) is 14.2. The highest BCUT2D eigenvalue weighted by Gasteiger charge is 2.17. The summed E-state index contributed by atoms with van der Waals surface area (Å²) in [5, 5.41) is 34.1. The maximum absolute atomic E-state index is 10.4. The summed E-state index contributed by atoms with van der Waals surface area (Å²) in [4.78, 5) is 30.7. The standard InChI is InChI=1S/C9H11NO3.2C6H13NO2/c10-8(9(12)13)5-6-1-3-7(11)4-2-6;1-4(2)3-5(7)6(8)9;1-3-4(2)5(7)6(8)9/h1-4,8,11H,5,10H2,(H,12,13);2*4-5H,3,7H2,1-2H3,(H,8,9)/t8-;5-;4-,5-/m000/s1. The molecular weight excluding hydrogens is 406 g/mol. The Morgan fingerprint density at radius 1 is 0.839 bits per heavy atom. The number of hydrogen-bond acceptors (Lipinski definition) is 7. The van der Waals surface area contributed by atoms with Crippen LogP contribution in [0.3, 0.4) is 0 Å². The van der Waals surface area contributed by atoms with Crippen LogP contribution in [0.4, 0.5) is 0 Å². The molecule has 0 saturated heterocycles. The Bertz CT molecular complexity index is 665. The average molecular weight is 444 g/mol. The Morgan fingerprint density at radius 2 is 1.29 bits per heavy atom. The molecule has 0 spiro atoms. The third-order valence-corrected chi connectivity index (χ3v) is 4.29. The molecule has 1 rings (SSSR count). The van der Waals surface area contributed by atoms with E-state index in [1.54, 1.807) is 12.1 Å². The minimum atomic E-state index is -1.02. The van der Waals surface area contributed by atoms with Gasteiger partial charge in [-0.15, -0.1) is 0 Å². The number of hydrogen-bond donors (Lipinski definition) is 7. The second-order valence-corrected chi connectivity index (χ2v) is 7.64. The quantitative estimate of drug-likeness (QED) is 0.290. The van der Waals surface area contributed by atoms with Crippen molar-refractivity contribution in [1.82, 2.24) is 0 Å². The van der Waals surface area contributed by atoms with E-state index in [0.717, 1.165) is 12.0 Å². The van der Waals surface area contributed by atoms with E-state index in [2.05, 4.69) is 0 Å². The summed E-state index contributed by atoms with van der Waals surface area (Å²) in [6.45, 7) is 7.65. The largest absolute Gasteiger partial charge is 0.508 e. The first kappa shape index (κ1) is 30.5. The molecule has 0 aliphatic carbocycles. The molecule has 0 aliphatic rings. The number of benzene rings is 1. The van der Waals surface area contributed by atoms with Gasteiger partial charge in [-0.05, 0) is 42.4 Å². The molecule has 4 atom stereocenters. The number of carboxylic acids is 3. The molecule has 0 saturated carbocycles. The predicted octanol–water partition coefficient (Wildman–Crippen LogP) is 1.24. The number of carbonyl (C=O) groups is 3. The van der Waals surface area contributed by atoms with Crippen LogP contribution in [-0.2, 0) is 20.8 Å². The fraction of sp³-hybridized carbons (Fsp3) is 0.571. The van der Waals surface area contributed by atoms with Gasteiger partial charge < -0.3 is 37.6 Å². The summed E-state index contributed by atoms with van der Waals surface area (Å²) >= 11 is 0. The Balaban J connectivity index is 0. The van der Waals surface area contributed by atoms with E-state index in [4.69, 9.17) is 37.6 Å². The Kier molecular flexibility index (Phi) is 15.8. The number of phenols is 1. The van der Waals surface area contributed by atoms with E-state index in [9.17, 15) is 14.4 Å². The molecular formula is C21H37N3O7. The normalized spacial score (nSPS) is 14.1. The van der Waals surface area contributed by atoms with Gasteiger partial charge in [-0.3, -0.25) is 14.4 Å².